The van der Waals surface area contributed by atoms with E-state index in [-0.39, 0.29) is 6.03 Å². The summed E-state index contributed by atoms with van der Waals surface area (Å²) in [5, 5.41) is 0.957. The van der Waals surface area contributed by atoms with Crippen molar-refractivity contribution in [2.45, 2.75) is 26.7 Å². The standard InChI is InChI=1S/C14H20Cl2N2OS/c1-4-6-9-18(14(19)17(3)20-5-2)11-7-8-12(15)13(16)10-11/h7-8,10H,4-6,9H2,1-3H3. The summed E-state index contributed by atoms with van der Waals surface area (Å²) in [6.45, 7) is 4.79. The zero-order valence-electron chi connectivity index (χ0n) is 12.0. The van der Waals surface area contributed by atoms with Crippen molar-refractivity contribution in [1.82, 2.24) is 4.31 Å². The Kier molecular flexibility index (Phi) is 7.56. The number of carbonyl (C=O) groups is 1. The van der Waals surface area contributed by atoms with Gasteiger partial charge < -0.3 is 0 Å². The lowest BCUT2D eigenvalue weighted by Gasteiger charge is -2.27. The number of unbranched alkanes of at least 4 members (excludes halogenated alkanes) is 1. The number of urea groups is 1. The van der Waals surface area contributed by atoms with Crippen LogP contribution in [0.2, 0.25) is 10.0 Å². The highest BCUT2D eigenvalue weighted by molar-refractivity contribution is 7.97. The first-order valence-electron chi connectivity index (χ1n) is 6.64. The van der Waals surface area contributed by atoms with Crippen LogP contribution in [0.25, 0.3) is 0 Å². The number of nitrogens with zero attached hydrogens (tertiary/aromatic N) is 2. The van der Waals surface area contributed by atoms with Crippen molar-refractivity contribution in [3.8, 4) is 0 Å². The molecule has 6 heteroatoms. The molecule has 0 bridgehead atoms. The molecule has 20 heavy (non-hydrogen) atoms. The lowest BCUT2D eigenvalue weighted by molar-refractivity contribution is 0.236. The SMILES string of the molecule is CCCCN(C(=O)N(C)SCC)c1ccc(Cl)c(Cl)c1. The van der Waals surface area contributed by atoms with Crippen LogP contribution in [0.4, 0.5) is 10.5 Å². The van der Waals surface area contributed by atoms with Gasteiger partial charge in [-0.1, -0.05) is 43.5 Å². The van der Waals surface area contributed by atoms with Crippen molar-refractivity contribution in [3.05, 3.63) is 28.2 Å². The molecule has 0 N–H and O–H groups in total. The number of hydrogen-bond donors (Lipinski definition) is 0. The Hall–Kier alpha value is -0.580. The summed E-state index contributed by atoms with van der Waals surface area (Å²) < 4.78 is 1.65. The molecular weight excluding hydrogens is 315 g/mol. The van der Waals surface area contributed by atoms with Crippen molar-refractivity contribution < 1.29 is 4.79 Å². The smallest absolute Gasteiger partial charge is 0.294 e. The van der Waals surface area contributed by atoms with Crippen molar-refractivity contribution in [2.75, 3.05) is 24.2 Å². The average molecular weight is 335 g/mol. The molecule has 0 heterocycles. The number of rotatable bonds is 6. The maximum atomic E-state index is 12.5. The molecule has 0 atom stereocenters. The van der Waals surface area contributed by atoms with Gasteiger partial charge in [-0.3, -0.25) is 9.21 Å². The Labute approximate surface area is 135 Å². The van der Waals surface area contributed by atoms with E-state index in [0.29, 0.717) is 16.6 Å². The quantitative estimate of drug-likeness (QED) is 0.657. The molecule has 1 aromatic carbocycles. The largest absolute Gasteiger partial charge is 0.334 e. The highest BCUT2D eigenvalue weighted by Gasteiger charge is 2.20. The maximum absolute atomic E-state index is 12.5. The molecule has 112 valence electrons. The van der Waals surface area contributed by atoms with E-state index in [1.165, 1.54) is 11.9 Å². The molecule has 2 amide bonds. The molecule has 1 aromatic rings. The molecule has 0 radical (unpaired) electrons. The first-order chi connectivity index (χ1) is 9.51. The van der Waals surface area contributed by atoms with Gasteiger partial charge in [-0.25, -0.2) is 4.79 Å². The van der Waals surface area contributed by atoms with Gasteiger partial charge in [-0.05, 0) is 36.6 Å². The fourth-order valence-electron chi connectivity index (χ4n) is 1.72. The highest BCUT2D eigenvalue weighted by atomic mass is 35.5. The molecule has 3 nitrogen and oxygen atoms in total. The first kappa shape index (κ1) is 17.5. The van der Waals surface area contributed by atoms with Gasteiger partial charge in [0.1, 0.15) is 0 Å². The third kappa shape index (κ3) is 4.76. The Morgan fingerprint density at radius 3 is 2.50 bits per heavy atom. The predicted octanol–water partition coefficient (Wildman–Crippen LogP) is 5.32. The molecule has 0 spiro atoms. The fourth-order valence-corrected chi connectivity index (χ4v) is 2.61. The fraction of sp³-hybridized carbons (Fsp3) is 0.500. The number of halogens is 2. The van der Waals surface area contributed by atoms with Crippen molar-refractivity contribution in [3.63, 3.8) is 0 Å². The van der Waals surface area contributed by atoms with Gasteiger partial charge >= 0.3 is 6.03 Å². The zero-order chi connectivity index (χ0) is 15.1. The van der Waals surface area contributed by atoms with Crippen molar-refractivity contribution in [2.24, 2.45) is 0 Å². The van der Waals surface area contributed by atoms with Crippen LogP contribution in [0.1, 0.15) is 26.7 Å². The Bertz CT molecular complexity index is 457. The highest BCUT2D eigenvalue weighted by Crippen LogP contribution is 2.28. The predicted molar refractivity (Wildman–Crippen MR) is 90.0 cm³/mol. The zero-order valence-corrected chi connectivity index (χ0v) is 14.4. The van der Waals surface area contributed by atoms with E-state index in [0.717, 1.165) is 24.3 Å². The van der Waals surface area contributed by atoms with E-state index in [4.69, 9.17) is 23.2 Å². The minimum atomic E-state index is -0.0383. The second-order valence-corrected chi connectivity index (χ2v) is 6.50. The van der Waals surface area contributed by atoms with Gasteiger partial charge in [0.05, 0.1) is 10.0 Å². The number of carbonyl (C=O) groups excluding carboxylic acids is 1. The minimum absolute atomic E-state index is 0.0383. The van der Waals surface area contributed by atoms with E-state index < -0.39 is 0 Å². The molecule has 1 rings (SSSR count). The van der Waals surface area contributed by atoms with Crippen LogP contribution in [0.15, 0.2) is 18.2 Å². The van der Waals surface area contributed by atoms with E-state index >= 15 is 0 Å². The van der Waals surface area contributed by atoms with Crippen LogP contribution >= 0.6 is 35.1 Å². The summed E-state index contributed by atoms with van der Waals surface area (Å²) in [5.41, 5.74) is 0.779. The summed E-state index contributed by atoms with van der Waals surface area (Å²) in [6, 6.07) is 5.25. The third-order valence-electron chi connectivity index (χ3n) is 2.77. The van der Waals surface area contributed by atoms with Crippen LogP contribution in [-0.2, 0) is 0 Å². The van der Waals surface area contributed by atoms with Crippen molar-refractivity contribution >= 4 is 46.9 Å². The molecular formula is C14H20Cl2N2OS. The van der Waals surface area contributed by atoms with Crippen LogP contribution < -0.4 is 4.90 Å². The third-order valence-corrected chi connectivity index (χ3v) is 4.31. The molecule has 0 saturated heterocycles. The summed E-state index contributed by atoms with van der Waals surface area (Å²) >= 11 is 13.5. The van der Waals surface area contributed by atoms with E-state index in [1.54, 1.807) is 28.4 Å². The van der Waals surface area contributed by atoms with Gasteiger partial charge in [0, 0.05) is 25.0 Å². The minimum Gasteiger partial charge on any atom is -0.294 e. The Morgan fingerprint density at radius 2 is 1.95 bits per heavy atom. The topological polar surface area (TPSA) is 23.6 Å². The van der Waals surface area contributed by atoms with Crippen LogP contribution in [-0.4, -0.2) is 29.7 Å². The molecule has 0 aliphatic carbocycles. The monoisotopic (exact) mass is 334 g/mol. The van der Waals surface area contributed by atoms with Gasteiger partial charge in [-0.15, -0.1) is 0 Å². The molecule has 0 saturated carbocycles. The van der Waals surface area contributed by atoms with Crippen LogP contribution in [0.3, 0.4) is 0 Å². The maximum Gasteiger partial charge on any atom is 0.334 e. The average Bonchev–Trinajstić information content (AvgIpc) is 2.43. The summed E-state index contributed by atoms with van der Waals surface area (Å²) in [4.78, 5) is 14.2. The molecule has 0 aliphatic heterocycles. The Morgan fingerprint density at radius 1 is 1.25 bits per heavy atom. The van der Waals surface area contributed by atoms with Gasteiger partial charge in [0.2, 0.25) is 0 Å². The number of anilines is 1. The van der Waals surface area contributed by atoms with E-state index in [2.05, 4.69) is 6.92 Å². The number of hydrogen-bond acceptors (Lipinski definition) is 2. The summed E-state index contributed by atoms with van der Waals surface area (Å²) in [7, 11) is 1.78. The lowest BCUT2D eigenvalue weighted by atomic mass is 10.2. The molecule has 0 unspecified atom stereocenters. The van der Waals surface area contributed by atoms with Gasteiger partial charge in [0.25, 0.3) is 0 Å². The summed E-state index contributed by atoms with van der Waals surface area (Å²) in [6.07, 6.45) is 1.96. The van der Waals surface area contributed by atoms with Crippen LogP contribution in [0.5, 0.6) is 0 Å². The second-order valence-electron chi connectivity index (χ2n) is 4.30. The number of benzene rings is 1. The Balaban J connectivity index is 2.98. The van der Waals surface area contributed by atoms with Crippen molar-refractivity contribution in [1.29, 1.82) is 0 Å². The second kappa shape index (κ2) is 8.65. The van der Waals surface area contributed by atoms with Gasteiger partial charge in [0.15, 0.2) is 0 Å². The van der Waals surface area contributed by atoms with Gasteiger partial charge in [-0.2, -0.15) is 0 Å². The van der Waals surface area contributed by atoms with E-state index in [1.807, 2.05) is 13.0 Å². The molecule has 0 aromatic heterocycles. The molecule has 0 fully saturated rings. The number of amides is 2. The normalized spacial score (nSPS) is 10.4. The first-order valence-corrected chi connectivity index (χ1v) is 8.34. The summed E-state index contributed by atoms with van der Waals surface area (Å²) in [5.74, 6) is 0.852. The lowest BCUT2D eigenvalue weighted by Crippen LogP contribution is -2.39. The van der Waals surface area contributed by atoms with E-state index in [9.17, 15) is 4.79 Å². The van der Waals surface area contributed by atoms with Crippen LogP contribution in [0, 0.1) is 0 Å². The molecule has 0 aliphatic rings.